The zero-order valence-electron chi connectivity index (χ0n) is 12.6. The van der Waals surface area contributed by atoms with E-state index in [4.69, 9.17) is 0 Å². The first-order valence-corrected chi connectivity index (χ1v) is 8.69. The van der Waals surface area contributed by atoms with Crippen LogP contribution in [0.15, 0.2) is 42.3 Å². The van der Waals surface area contributed by atoms with Crippen LogP contribution in [0.3, 0.4) is 0 Å². The summed E-state index contributed by atoms with van der Waals surface area (Å²) in [6, 6.07) is 6.40. The number of aliphatic hydroxyl groups excluding tert-OH is 1. The Bertz CT molecular complexity index is 785. The fourth-order valence-electron chi connectivity index (χ4n) is 3.15. The summed E-state index contributed by atoms with van der Waals surface area (Å²) in [5.74, 6) is 1.35. The third kappa shape index (κ3) is 3.04. The van der Waals surface area contributed by atoms with Gasteiger partial charge in [0.15, 0.2) is 0 Å². The molecule has 0 aliphatic heterocycles. The van der Waals surface area contributed by atoms with Gasteiger partial charge in [0.05, 0.1) is 11.5 Å². The van der Waals surface area contributed by atoms with Gasteiger partial charge in [0.2, 0.25) is 0 Å². The van der Waals surface area contributed by atoms with E-state index in [1.54, 1.807) is 17.7 Å². The molecule has 6 heteroatoms. The molecule has 23 heavy (non-hydrogen) atoms. The minimum Gasteiger partial charge on any atom is -0.393 e. The van der Waals surface area contributed by atoms with Crippen molar-refractivity contribution in [3.05, 3.63) is 47.9 Å². The van der Waals surface area contributed by atoms with E-state index >= 15 is 0 Å². The number of aliphatic hydroxyl groups is 1. The van der Waals surface area contributed by atoms with Gasteiger partial charge in [-0.15, -0.1) is 11.3 Å². The minimum absolute atomic E-state index is 0.159. The molecule has 1 aliphatic rings. The van der Waals surface area contributed by atoms with E-state index in [9.17, 15) is 5.11 Å². The number of thiophene rings is 1. The molecule has 0 spiro atoms. The molecule has 118 valence electrons. The molecule has 3 aromatic heterocycles. The van der Waals surface area contributed by atoms with Crippen LogP contribution in [0.4, 0.5) is 5.82 Å². The average Bonchev–Trinajstić information content (AvgIpc) is 3.02. The van der Waals surface area contributed by atoms with E-state index in [1.165, 1.54) is 5.56 Å². The van der Waals surface area contributed by atoms with Gasteiger partial charge in [-0.3, -0.25) is 4.98 Å². The van der Waals surface area contributed by atoms with Gasteiger partial charge in [-0.1, -0.05) is 0 Å². The van der Waals surface area contributed by atoms with Gasteiger partial charge in [-0.05, 0) is 54.3 Å². The second-order valence-corrected chi connectivity index (χ2v) is 6.95. The highest BCUT2D eigenvalue weighted by atomic mass is 32.1. The standard InChI is InChI=1S/C17H18N4OS/c22-13-8-12(9-13)15(7-11-1-4-18-5-2-11)21-16-14-3-6-23-17(14)20-10-19-16/h1-6,10,12-13,15,22H,7-9H2,(H,19,20,21)/t12?,13?,15-/m0/s1. The lowest BCUT2D eigenvalue weighted by Crippen LogP contribution is -2.42. The summed E-state index contributed by atoms with van der Waals surface area (Å²) in [5.41, 5.74) is 1.24. The Balaban J connectivity index is 1.59. The van der Waals surface area contributed by atoms with Crippen molar-refractivity contribution in [2.45, 2.75) is 31.4 Å². The quantitative estimate of drug-likeness (QED) is 0.754. The van der Waals surface area contributed by atoms with E-state index in [1.807, 2.05) is 29.9 Å². The molecule has 1 aliphatic carbocycles. The summed E-state index contributed by atoms with van der Waals surface area (Å²) in [6.45, 7) is 0. The molecule has 0 aromatic carbocycles. The molecular weight excluding hydrogens is 308 g/mol. The number of rotatable bonds is 5. The Morgan fingerprint density at radius 1 is 1.22 bits per heavy atom. The predicted octanol–water partition coefficient (Wildman–Crippen LogP) is 2.88. The van der Waals surface area contributed by atoms with Crippen molar-refractivity contribution in [2.75, 3.05) is 5.32 Å². The second-order valence-electron chi connectivity index (χ2n) is 6.06. The maximum Gasteiger partial charge on any atom is 0.138 e. The molecule has 0 saturated heterocycles. The average molecular weight is 326 g/mol. The zero-order chi connectivity index (χ0) is 15.6. The Morgan fingerprint density at radius 3 is 2.83 bits per heavy atom. The minimum atomic E-state index is -0.159. The van der Waals surface area contributed by atoms with Crippen molar-refractivity contribution in [3.63, 3.8) is 0 Å². The number of fused-ring (bicyclic) bond motifs is 1. The Morgan fingerprint density at radius 2 is 2.04 bits per heavy atom. The summed E-state index contributed by atoms with van der Waals surface area (Å²) in [6.07, 6.45) is 7.69. The highest BCUT2D eigenvalue weighted by Crippen LogP contribution is 2.34. The Kier molecular flexibility index (Phi) is 3.93. The molecule has 3 heterocycles. The van der Waals surface area contributed by atoms with Crippen LogP contribution >= 0.6 is 11.3 Å². The summed E-state index contributed by atoms with van der Waals surface area (Å²) in [5, 5.41) is 16.4. The molecule has 1 fully saturated rings. The molecule has 5 nitrogen and oxygen atoms in total. The monoisotopic (exact) mass is 326 g/mol. The van der Waals surface area contributed by atoms with Crippen LogP contribution in [0.1, 0.15) is 18.4 Å². The summed E-state index contributed by atoms with van der Waals surface area (Å²) in [4.78, 5) is 13.8. The maximum absolute atomic E-state index is 9.68. The van der Waals surface area contributed by atoms with Crippen molar-refractivity contribution >= 4 is 27.4 Å². The summed E-state index contributed by atoms with van der Waals surface area (Å²) < 4.78 is 0. The Labute approximate surface area is 138 Å². The topological polar surface area (TPSA) is 70.9 Å². The smallest absolute Gasteiger partial charge is 0.138 e. The zero-order valence-corrected chi connectivity index (χ0v) is 13.4. The lowest BCUT2D eigenvalue weighted by molar-refractivity contribution is 0.0342. The third-order valence-corrected chi connectivity index (χ3v) is 5.33. The highest BCUT2D eigenvalue weighted by Gasteiger charge is 2.34. The largest absolute Gasteiger partial charge is 0.393 e. The number of pyridine rings is 1. The van der Waals surface area contributed by atoms with Crippen LogP contribution in [-0.2, 0) is 6.42 Å². The molecule has 0 radical (unpaired) electrons. The van der Waals surface area contributed by atoms with E-state index in [0.717, 1.165) is 35.3 Å². The SMILES string of the molecule is OC1CC([C@H](Cc2ccncc2)Nc2ncnc3sccc23)C1. The number of nitrogens with zero attached hydrogens (tertiary/aromatic N) is 3. The van der Waals surface area contributed by atoms with Crippen LogP contribution < -0.4 is 5.32 Å². The first-order valence-electron chi connectivity index (χ1n) is 7.81. The maximum atomic E-state index is 9.68. The van der Waals surface area contributed by atoms with Crippen molar-refractivity contribution in [3.8, 4) is 0 Å². The molecule has 3 aromatic rings. The predicted molar refractivity (Wildman–Crippen MR) is 91.5 cm³/mol. The van der Waals surface area contributed by atoms with Crippen molar-refractivity contribution in [1.29, 1.82) is 0 Å². The molecule has 0 amide bonds. The molecule has 4 rings (SSSR count). The number of anilines is 1. The van der Waals surface area contributed by atoms with E-state index < -0.39 is 0 Å². The van der Waals surface area contributed by atoms with Gasteiger partial charge in [-0.25, -0.2) is 9.97 Å². The molecular formula is C17H18N4OS. The fraction of sp³-hybridized carbons (Fsp3) is 0.353. The number of hydrogen-bond acceptors (Lipinski definition) is 6. The first kappa shape index (κ1) is 14.5. The van der Waals surface area contributed by atoms with Gasteiger partial charge in [0.1, 0.15) is 17.0 Å². The van der Waals surface area contributed by atoms with Crippen LogP contribution in [0.5, 0.6) is 0 Å². The normalized spacial score (nSPS) is 21.8. The van der Waals surface area contributed by atoms with E-state index in [-0.39, 0.29) is 12.1 Å². The fourth-order valence-corrected chi connectivity index (χ4v) is 3.88. The van der Waals surface area contributed by atoms with Crippen molar-refractivity contribution in [2.24, 2.45) is 5.92 Å². The molecule has 0 bridgehead atoms. The van der Waals surface area contributed by atoms with Crippen LogP contribution in [-0.4, -0.2) is 32.2 Å². The number of hydrogen-bond donors (Lipinski definition) is 2. The molecule has 1 saturated carbocycles. The van der Waals surface area contributed by atoms with Gasteiger partial charge in [0, 0.05) is 18.4 Å². The second kappa shape index (κ2) is 6.22. The van der Waals surface area contributed by atoms with E-state index in [2.05, 4.69) is 26.3 Å². The van der Waals surface area contributed by atoms with Crippen LogP contribution in [0, 0.1) is 5.92 Å². The van der Waals surface area contributed by atoms with E-state index in [0.29, 0.717) is 5.92 Å². The lowest BCUT2D eigenvalue weighted by Gasteiger charge is -2.38. The number of nitrogens with one attached hydrogen (secondary N) is 1. The van der Waals surface area contributed by atoms with Crippen LogP contribution in [0.2, 0.25) is 0 Å². The molecule has 1 atom stereocenters. The molecule has 2 N–H and O–H groups in total. The highest BCUT2D eigenvalue weighted by molar-refractivity contribution is 7.16. The summed E-state index contributed by atoms with van der Waals surface area (Å²) in [7, 11) is 0. The van der Waals surface area contributed by atoms with Gasteiger partial charge in [-0.2, -0.15) is 0 Å². The van der Waals surface area contributed by atoms with Crippen LogP contribution in [0.25, 0.3) is 10.2 Å². The summed E-state index contributed by atoms with van der Waals surface area (Å²) >= 11 is 1.62. The Hall–Kier alpha value is -2.05. The van der Waals surface area contributed by atoms with Gasteiger partial charge in [0.25, 0.3) is 0 Å². The lowest BCUT2D eigenvalue weighted by atomic mass is 9.75. The van der Waals surface area contributed by atoms with Gasteiger partial charge >= 0.3 is 0 Å². The van der Waals surface area contributed by atoms with Crippen molar-refractivity contribution < 1.29 is 5.11 Å². The van der Waals surface area contributed by atoms with Crippen molar-refractivity contribution in [1.82, 2.24) is 15.0 Å². The first-order chi connectivity index (χ1) is 11.3. The van der Waals surface area contributed by atoms with Gasteiger partial charge < -0.3 is 10.4 Å². The third-order valence-electron chi connectivity index (χ3n) is 4.51. The number of aromatic nitrogens is 3. The molecule has 0 unspecified atom stereocenters.